The molecule has 0 amide bonds. The number of halogens is 1. The third kappa shape index (κ3) is 1.82. The van der Waals surface area contributed by atoms with E-state index in [0.29, 0.717) is 11.6 Å². The molecular weight excluding hydrogens is 185 g/mol. The summed E-state index contributed by atoms with van der Waals surface area (Å²) in [6.07, 6.45) is 1.44. The van der Waals surface area contributed by atoms with Gasteiger partial charge >= 0.3 is 6.01 Å². The monoisotopic (exact) mass is 193 g/mol. The van der Waals surface area contributed by atoms with Gasteiger partial charge in [-0.15, -0.1) is 0 Å². The van der Waals surface area contributed by atoms with E-state index in [1.807, 2.05) is 0 Å². The van der Waals surface area contributed by atoms with Gasteiger partial charge in [0, 0.05) is 0 Å². The van der Waals surface area contributed by atoms with E-state index in [9.17, 15) is 4.39 Å². The number of benzene rings is 1. The van der Waals surface area contributed by atoms with Crippen molar-refractivity contribution in [2.75, 3.05) is 5.73 Å². The number of H-pyrrole nitrogens is 1. The lowest BCUT2D eigenvalue weighted by Gasteiger charge is -2.00. The molecule has 0 aliphatic heterocycles. The average molecular weight is 193 g/mol. The summed E-state index contributed by atoms with van der Waals surface area (Å²) in [6, 6.07) is 5.92. The minimum Gasteiger partial charge on any atom is -0.426 e. The SMILES string of the molecule is Nc1cnc(Oc2ccc(F)cc2)[nH]1. The Morgan fingerprint density at radius 1 is 1.29 bits per heavy atom. The lowest BCUT2D eigenvalue weighted by Crippen LogP contribution is -1.87. The molecule has 1 heterocycles. The standard InChI is InChI=1S/C9H8FN3O/c10-6-1-3-7(4-2-6)14-9-12-5-8(11)13-9/h1-5H,11H2,(H,12,13). The second kappa shape index (κ2) is 3.37. The van der Waals surface area contributed by atoms with Gasteiger partial charge in [-0.1, -0.05) is 0 Å². The predicted octanol–water partition coefficient (Wildman–Crippen LogP) is 1.92. The summed E-state index contributed by atoms with van der Waals surface area (Å²) in [7, 11) is 0. The molecule has 14 heavy (non-hydrogen) atoms. The maximum Gasteiger partial charge on any atom is 0.300 e. The summed E-state index contributed by atoms with van der Waals surface area (Å²) in [5.74, 6) is 0.610. The van der Waals surface area contributed by atoms with Gasteiger partial charge in [0.15, 0.2) is 0 Å². The molecule has 0 aliphatic rings. The molecule has 1 aromatic heterocycles. The number of ether oxygens (including phenoxy) is 1. The van der Waals surface area contributed by atoms with Gasteiger partial charge in [-0.2, -0.15) is 0 Å². The average Bonchev–Trinajstić information content (AvgIpc) is 2.56. The van der Waals surface area contributed by atoms with E-state index in [0.717, 1.165) is 0 Å². The fraction of sp³-hybridized carbons (Fsp3) is 0. The van der Waals surface area contributed by atoms with Crippen molar-refractivity contribution in [1.82, 2.24) is 9.97 Å². The molecule has 0 fully saturated rings. The molecule has 72 valence electrons. The number of imidazole rings is 1. The Bertz CT molecular complexity index is 424. The number of nitrogens with zero attached hydrogens (tertiary/aromatic N) is 1. The van der Waals surface area contributed by atoms with Crippen LogP contribution < -0.4 is 10.5 Å². The van der Waals surface area contributed by atoms with Gasteiger partial charge < -0.3 is 10.5 Å². The first-order valence-electron chi connectivity index (χ1n) is 3.98. The molecule has 5 heteroatoms. The van der Waals surface area contributed by atoms with Gasteiger partial charge in [0.1, 0.15) is 17.4 Å². The van der Waals surface area contributed by atoms with Crippen molar-refractivity contribution in [3.8, 4) is 11.8 Å². The third-order valence-electron chi connectivity index (χ3n) is 1.60. The minimum absolute atomic E-state index is 0.286. The number of hydrogen-bond donors (Lipinski definition) is 2. The molecule has 0 aliphatic carbocycles. The van der Waals surface area contributed by atoms with Crippen molar-refractivity contribution in [2.24, 2.45) is 0 Å². The number of aromatic amines is 1. The number of aromatic nitrogens is 2. The number of nitrogens with one attached hydrogen (secondary N) is 1. The van der Waals surface area contributed by atoms with E-state index in [2.05, 4.69) is 9.97 Å². The van der Waals surface area contributed by atoms with Crippen LogP contribution in [0.25, 0.3) is 0 Å². The van der Waals surface area contributed by atoms with Crippen LogP contribution in [0.2, 0.25) is 0 Å². The summed E-state index contributed by atoms with van der Waals surface area (Å²) in [5.41, 5.74) is 5.40. The molecule has 2 rings (SSSR count). The Kier molecular flexibility index (Phi) is 2.06. The van der Waals surface area contributed by atoms with Crippen LogP contribution in [0.1, 0.15) is 0 Å². The summed E-state index contributed by atoms with van der Waals surface area (Å²) in [4.78, 5) is 6.53. The Labute approximate surface area is 79.5 Å². The van der Waals surface area contributed by atoms with Crippen LogP contribution >= 0.6 is 0 Å². The van der Waals surface area contributed by atoms with Gasteiger partial charge in [-0.05, 0) is 24.3 Å². The minimum atomic E-state index is -0.309. The first-order valence-corrected chi connectivity index (χ1v) is 3.98. The normalized spacial score (nSPS) is 10.1. The maximum absolute atomic E-state index is 12.5. The molecule has 0 radical (unpaired) electrons. The van der Waals surface area contributed by atoms with E-state index in [-0.39, 0.29) is 11.8 Å². The lowest BCUT2D eigenvalue weighted by atomic mass is 10.3. The molecule has 1 aromatic carbocycles. The van der Waals surface area contributed by atoms with E-state index < -0.39 is 0 Å². The Hall–Kier alpha value is -2.04. The highest BCUT2D eigenvalue weighted by Gasteiger charge is 2.00. The van der Waals surface area contributed by atoms with Gasteiger partial charge in [-0.25, -0.2) is 9.37 Å². The van der Waals surface area contributed by atoms with Crippen molar-refractivity contribution in [3.05, 3.63) is 36.3 Å². The van der Waals surface area contributed by atoms with Crippen LogP contribution in [0.3, 0.4) is 0 Å². The first kappa shape index (κ1) is 8.55. The molecule has 0 bridgehead atoms. The van der Waals surface area contributed by atoms with E-state index in [1.54, 1.807) is 0 Å². The molecule has 4 nitrogen and oxygen atoms in total. The van der Waals surface area contributed by atoms with Gasteiger partial charge in [0.05, 0.1) is 6.20 Å². The highest BCUT2D eigenvalue weighted by atomic mass is 19.1. The molecule has 2 aromatic rings. The van der Waals surface area contributed by atoms with Crippen molar-refractivity contribution >= 4 is 5.82 Å². The number of rotatable bonds is 2. The summed E-state index contributed by atoms with van der Waals surface area (Å²) < 4.78 is 17.8. The zero-order valence-corrected chi connectivity index (χ0v) is 7.20. The highest BCUT2D eigenvalue weighted by molar-refractivity contribution is 5.30. The second-order valence-corrected chi connectivity index (χ2v) is 2.70. The number of nitrogen functional groups attached to an aromatic ring is 1. The summed E-state index contributed by atoms with van der Waals surface area (Å²) >= 11 is 0. The molecule has 0 unspecified atom stereocenters. The van der Waals surface area contributed by atoms with Crippen molar-refractivity contribution in [2.45, 2.75) is 0 Å². The molecule has 0 saturated carbocycles. The van der Waals surface area contributed by atoms with Crippen molar-refractivity contribution < 1.29 is 9.13 Å². The highest BCUT2D eigenvalue weighted by Crippen LogP contribution is 2.18. The number of anilines is 1. The molecule has 3 N–H and O–H groups in total. The van der Waals surface area contributed by atoms with Crippen LogP contribution in [0.5, 0.6) is 11.8 Å². The Morgan fingerprint density at radius 3 is 2.57 bits per heavy atom. The van der Waals surface area contributed by atoms with Crippen LogP contribution in [-0.4, -0.2) is 9.97 Å². The van der Waals surface area contributed by atoms with E-state index in [1.165, 1.54) is 30.5 Å². The quantitative estimate of drug-likeness (QED) is 0.765. The topological polar surface area (TPSA) is 63.9 Å². The Morgan fingerprint density at radius 2 is 2.00 bits per heavy atom. The number of nitrogens with two attached hydrogens (primary N) is 1. The van der Waals surface area contributed by atoms with Crippen LogP contribution in [0.15, 0.2) is 30.5 Å². The molecular formula is C9H8FN3O. The zero-order valence-electron chi connectivity index (χ0n) is 7.20. The second-order valence-electron chi connectivity index (χ2n) is 2.70. The van der Waals surface area contributed by atoms with Crippen LogP contribution in [0.4, 0.5) is 10.2 Å². The largest absolute Gasteiger partial charge is 0.426 e. The molecule has 0 spiro atoms. The number of hydrogen-bond acceptors (Lipinski definition) is 3. The van der Waals surface area contributed by atoms with Crippen molar-refractivity contribution in [3.63, 3.8) is 0 Å². The fourth-order valence-electron chi connectivity index (χ4n) is 0.982. The summed E-state index contributed by atoms with van der Waals surface area (Å²) in [5, 5.41) is 0. The first-order chi connectivity index (χ1) is 6.74. The smallest absolute Gasteiger partial charge is 0.300 e. The summed E-state index contributed by atoms with van der Waals surface area (Å²) in [6.45, 7) is 0. The lowest BCUT2D eigenvalue weighted by molar-refractivity contribution is 0.446. The van der Waals surface area contributed by atoms with Crippen molar-refractivity contribution in [1.29, 1.82) is 0 Å². The Balaban J connectivity index is 2.15. The van der Waals surface area contributed by atoms with Crippen LogP contribution in [0, 0.1) is 5.82 Å². The van der Waals surface area contributed by atoms with Gasteiger partial charge in [0.2, 0.25) is 0 Å². The van der Waals surface area contributed by atoms with Gasteiger partial charge in [0.25, 0.3) is 0 Å². The third-order valence-corrected chi connectivity index (χ3v) is 1.60. The van der Waals surface area contributed by atoms with Crippen LogP contribution in [-0.2, 0) is 0 Å². The fourth-order valence-corrected chi connectivity index (χ4v) is 0.982. The zero-order chi connectivity index (χ0) is 9.97. The predicted molar refractivity (Wildman–Crippen MR) is 49.5 cm³/mol. The van der Waals surface area contributed by atoms with Gasteiger partial charge in [-0.3, -0.25) is 4.98 Å². The maximum atomic E-state index is 12.5. The molecule has 0 saturated heterocycles. The van der Waals surface area contributed by atoms with E-state index in [4.69, 9.17) is 10.5 Å². The van der Waals surface area contributed by atoms with E-state index >= 15 is 0 Å². The molecule has 0 atom stereocenters.